The number of aromatic nitrogens is 1. The number of nitrogens with one attached hydrogen (secondary N) is 2. The first-order valence-corrected chi connectivity index (χ1v) is 14.0. The van der Waals surface area contributed by atoms with Crippen LogP contribution in [0.1, 0.15) is 68.5 Å². The minimum atomic E-state index is -0.820. The normalized spacial score (nSPS) is 14.3. The van der Waals surface area contributed by atoms with Gasteiger partial charge < -0.3 is 15.5 Å². The first-order valence-electron chi connectivity index (χ1n) is 13.6. The predicted molar refractivity (Wildman–Crippen MR) is 153 cm³/mol. The van der Waals surface area contributed by atoms with Crippen molar-refractivity contribution in [3.63, 3.8) is 0 Å². The summed E-state index contributed by atoms with van der Waals surface area (Å²) in [5, 5.41) is 6.53. The highest BCUT2D eigenvalue weighted by atomic mass is 35.5. The van der Waals surface area contributed by atoms with Gasteiger partial charge in [-0.05, 0) is 54.7 Å². The van der Waals surface area contributed by atoms with Crippen LogP contribution in [0.4, 0.5) is 5.82 Å². The summed E-state index contributed by atoms with van der Waals surface area (Å²) in [4.78, 5) is 45.7. The third-order valence-electron chi connectivity index (χ3n) is 6.94. The summed E-state index contributed by atoms with van der Waals surface area (Å²) in [5.74, 6) is -0.119. The zero-order valence-corrected chi connectivity index (χ0v) is 22.8. The molecule has 39 heavy (non-hydrogen) atoms. The lowest BCUT2D eigenvalue weighted by Gasteiger charge is -2.33. The first kappa shape index (κ1) is 28.3. The van der Waals surface area contributed by atoms with Crippen LogP contribution in [0.25, 0.3) is 0 Å². The molecule has 1 saturated carbocycles. The second kappa shape index (κ2) is 14.4. The van der Waals surface area contributed by atoms with Crippen LogP contribution in [0.5, 0.6) is 0 Å². The van der Waals surface area contributed by atoms with Gasteiger partial charge in [-0.2, -0.15) is 0 Å². The van der Waals surface area contributed by atoms with E-state index >= 15 is 0 Å². The fourth-order valence-electron chi connectivity index (χ4n) is 4.93. The van der Waals surface area contributed by atoms with Gasteiger partial charge in [0.15, 0.2) is 0 Å². The Morgan fingerprint density at radius 2 is 1.62 bits per heavy atom. The van der Waals surface area contributed by atoms with Crippen molar-refractivity contribution in [1.29, 1.82) is 0 Å². The van der Waals surface area contributed by atoms with Crippen LogP contribution < -0.4 is 10.6 Å². The maximum atomic E-state index is 13.8. The Balaban J connectivity index is 1.52. The molecular formula is C31H35ClN4O3. The van der Waals surface area contributed by atoms with Gasteiger partial charge in [-0.3, -0.25) is 14.4 Å². The van der Waals surface area contributed by atoms with Gasteiger partial charge in [-0.15, -0.1) is 0 Å². The van der Waals surface area contributed by atoms with Crippen LogP contribution in [-0.2, 0) is 20.9 Å². The number of anilines is 1. The number of amides is 3. The number of carbonyl (C=O) groups is 3. The van der Waals surface area contributed by atoms with Gasteiger partial charge in [0, 0.05) is 36.6 Å². The molecule has 0 spiro atoms. The molecule has 3 amide bonds. The number of hydrogen-bond donors (Lipinski definition) is 2. The molecule has 1 aliphatic carbocycles. The second-order valence-corrected chi connectivity index (χ2v) is 10.4. The third kappa shape index (κ3) is 8.65. The molecule has 1 aliphatic rings. The molecule has 0 saturated heterocycles. The highest BCUT2D eigenvalue weighted by Crippen LogP contribution is 2.28. The van der Waals surface area contributed by atoms with Crippen LogP contribution in [0.15, 0.2) is 79.0 Å². The van der Waals surface area contributed by atoms with Crippen LogP contribution >= 0.6 is 11.6 Å². The lowest BCUT2D eigenvalue weighted by molar-refractivity contribution is -0.142. The van der Waals surface area contributed by atoms with E-state index in [1.807, 2.05) is 30.3 Å². The average Bonchev–Trinajstić information content (AvgIpc) is 2.95. The zero-order valence-electron chi connectivity index (χ0n) is 22.0. The van der Waals surface area contributed by atoms with Gasteiger partial charge in [-0.25, -0.2) is 4.98 Å². The van der Waals surface area contributed by atoms with Crippen molar-refractivity contribution in [2.75, 3.05) is 5.32 Å². The van der Waals surface area contributed by atoms with E-state index in [4.69, 9.17) is 11.6 Å². The molecule has 7 nitrogen and oxygen atoms in total. The largest absolute Gasteiger partial charge is 0.351 e. The topological polar surface area (TPSA) is 91.4 Å². The molecule has 1 heterocycles. The number of pyridine rings is 1. The van der Waals surface area contributed by atoms with E-state index in [1.165, 1.54) is 6.42 Å². The number of benzene rings is 2. The summed E-state index contributed by atoms with van der Waals surface area (Å²) in [6.07, 6.45) is 7.49. The lowest BCUT2D eigenvalue weighted by atomic mass is 9.94. The van der Waals surface area contributed by atoms with E-state index in [2.05, 4.69) is 15.6 Å². The summed E-state index contributed by atoms with van der Waals surface area (Å²) in [5.41, 5.74) is 1.62. The van der Waals surface area contributed by atoms with E-state index in [9.17, 15) is 14.4 Å². The zero-order chi connectivity index (χ0) is 27.5. The second-order valence-electron chi connectivity index (χ2n) is 9.92. The maximum absolute atomic E-state index is 13.8. The molecule has 2 aromatic carbocycles. The molecule has 0 unspecified atom stereocenters. The van der Waals surface area contributed by atoms with Crippen molar-refractivity contribution in [3.8, 4) is 0 Å². The fraction of sp³-hybridized carbons (Fsp3) is 0.355. The molecule has 0 bridgehead atoms. The van der Waals surface area contributed by atoms with Crippen molar-refractivity contribution in [1.82, 2.24) is 15.2 Å². The molecule has 0 radical (unpaired) electrons. The summed E-state index contributed by atoms with van der Waals surface area (Å²) in [7, 11) is 0. The summed E-state index contributed by atoms with van der Waals surface area (Å²) < 4.78 is 0. The molecule has 2 N–H and O–H groups in total. The summed E-state index contributed by atoms with van der Waals surface area (Å²) in [6, 6.07) is 21.3. The quantitative estimate of drug-likeness (QED) is 0.306. The molecule has 3 aromatic rings. The van der Waals surface area contributed by atoms with Crippen molar-refractivity contribution >= 4 is 35.1 Å². The van der Waals surface area contributed by atoms with Gasteiger partial charge in [0.05, 0.1) is 0 Å². The van der Waals surface area contributed by atoms with E-state index < -0.39 is 6.04 Å². The van der Waals surface area contributed by atoms with E-state index in [0.717, 1.165) is 31.2 Å². The molecule has 204 valence electrons. The number of nitrogens with zero attached hydrogens (tertiary/aromatic N) is 2. The molecule has 1 aromatic heterocycles. The summed E-state index contributed by atoms with van der Waals surface area (Å²) in [6.45, 7) is 0.269. The van der Waals surface area contributed by atoms with Crippen LogP contribution in [-0.4, -0.2) is 33.6 Å². The standard InChI is InChI=1S/C31H35ClN4O3/c32-25-19-17-24(18-20-25)30(31(39)34-26-12-5-2-6-13-26)36(22-23-10-3-1-4-11-23)29(38)16-9-15-28(37)35-27-14-7-8-21-33-27/h1,3-4,7-8,10-11,14,17-21,26,30H,2,5-6,9,12-13,15-16,22H2,(H,34,39)(H,33,35,37)/t30-/m1/s1. The van der Waals surface area contributed by atoms with Crippen LogP contribution in [0, 0.1) is 0 Å². The highest BCUT2D eigenvalue weighted by Gasteiger charge is 2.33. The maximum Gasteiger partial charge on any atom is 0.247 e. The van der Waals surface area contributed by atoms with Gasteiger partial charge in [0.2, 0.25) is 17.7 Å². The number of rotatable bonds is 11. The third-order valence-corrected chi connectivity index (χ3v) is 7.19. The van der Waals surface area contributed by atoms with E-state index in [-0.39, 0.29) is 43.1 Å². The van der Waals surface area contributed by atoms with Crippen LogP contribution in [0.2, 0.25) is 5.02 Å². The highest BCUT2D eigenvalue weighted by molar-refractivity contribution is 6.30. The molecule has 1 fully saturated rings. The minimum absolute atomic E-state index is 0.102. The van der Waals surface area contributed by atoms with Crippen molar-refractivity contribution in [2.45, 2.75) is 70.0 Å². The van der Waals surface area contributed by atoms with E-state index in [1.54, 1.807) is 53.6 Å². The number of carbonyl (C=O) groups excluding carboxylic acids is 3. The Hall–Kier alpha value is -3.71. The molecule has 1 atom stereocenters. The van der Waals surface area contributed by atoms with Crippen LogP contribution in [0.3, 0.4) is 0 Å². The first-order chi connectivity index (χ1) is 19.0. The smallest absolute Gasteiger partial charge is 0.247 e. The number of hydrogen-bond acceptors (Lipinski definition) is 4. The predicted octanol–water partition coefficient (Wildman–Crippen LogP) is 6.06. The van der Waals surface area contributed by atoms with E-state index in [0.29, 0.717) is 22.8 Å². The Morgan fingerprint density at radius 3 is 2.31 bits per heavy atom. The Bertz CT molecular complexity index is 1220. The molecule has 0 aliphatic heterocycles. The summed E-state index contributed by atoms with van der Waals surface area (Å²) >= 11 is 6.16. The fourth-order valence-corrected chi connectivity index (χ4v) is 5.06. The average molecular weight is 547 g/mol. The Morgan fingerprint density at radius 1 is 0.897 bits per heavy atom. The van der Waals surface area contributed by atoms with Crippen molar-refractivity contribution in [3.05, 3.63) is 95.1 Å². The minimum Gasteiger partial charge on any atom is -0.351 e. The van der Waals surface area contributed by atoms with Gasteiger partial charge in [0.1, 0.15) is 11.9 Å². The SMILES string of the molecule is O=C(CCCC(=O)N(Cc1ccccc1)[C@@H](C(=O)NC1CCCCC1)c1ccc(Cl)cc1)Nc1ccccn1. The molecular weight excluding hydrogens is 512 g/mol. The monoisotopic (exact) mass is 546 g/mol. The lowest BCUT2D eigenvalue weighted by Crippen LogP contribution is -2.46. The van der Waals surface area contributed by atoms with Gasteiger partial charge in [-0.1, -0.05) is 79.4 Å². The number of halogens is 1. The molecule has 4 rings (SSSR count). The Kier molecular flexibility index (Phi) is 10.5. The van der Waals surface area contributed by atoms with Gasteiger partial charge >= 0.3 is 0 Å². The van der Waals surface area contributed by atoms with Crippen molar-refractivity contribution in [2.24, 2.45) is 0 Å². The van der Waals surface area contributed by atoms with Crippen molar-refractivity contribution < 1.29 is 14.4 Å². The Labute approximate surface area is 235 Å². The van der Waals surface area contributed by atoms with Gasteiger partial charge in [0.25, 0.3) is 0 Å². The molecule has 8 heteroatoms.